The van der Waals surface area contributed by atoms with Crippen LogP contribution in [0.5, 0.6) is 17.2 Å². The normalized spacial score (nSPS) is 16.1. The summed E-state index contributed by atoms with van der Waals surface area (Å²) in [5.74, 6) is 2.71. The summed E-state index contributed by atoms with van der Waals surface area (Å²) in [7, 11) is 4.73. The summed E-state index contributed by atoms with van der Waals surface area (Å²) >= 11 is 0. The molecule has 3 heterocycles. The van der Waals surface area contributed by atoms with Crippen LogP contribution in [0.1, 0.15) is 30.1 Å². The lowest BCUT2D eigenvalue weighted by Gasteiger charge is -2.19. The molecule has 1 unspecified atom stereocenters. The highest BCUT2D eigenvalue weighted by molar-refractivity contribution is 5.96. The van der Waals surface area contributed by atoms with Crippen molar-refractivity contribution in [2.24, 2.45) is 0 Å². The van der Waals surface area contributed by atoms with E-state index < -0.39 is 5.82 Å². The third kappa shape index (κ3) is 4.05. The van der Waals surface area contributed by atoms with Gasteiger partial charge >= 0.3 is 0 Å². The largest absolute Gasteiger partial charge is 0.497 e. The van der Waals surface area contributed by atoms with E-state index in [-0.39, 0.29) is 5.92 Å². The van der Waals surface area contributed by atoms with Crippen molar-refractivity contribution < 1.29 is 18.6 Å². The van der Waals surface area contributed by atoms with Crippen LogP contribution >= 0.6 is 0 Å². The SMILES string of the molecule is COc1ccc(CNc2nc3c(OC)cc(F)cc3c3nc(C4CCCNC4)nn23)c(OC)c1. The molecule has 10 heteroatoms. The standard InChI is InChI=1S/C24H27FN6O3/c1-32-17-7-6-14(19(11-17)33-2)13-27-24-28-21-18(9-16(25)10-20(21)34-3)23-29-22(30-31(23)24)15-5-4-8-26-12-15/h6-7,9-11,15,26H,4-5,8,12-13H2,1-3H3,(H,27,28). The Kier molecular flexibility index (Phi) is 6.06. The molecule has 178 valence electrons. The number of nitrogens with one attached hydrogen (secondary N) is 2. The summed E-state index contributed by atoms with van der Waals surface area (Å²) in [6, 6.07) is 8.38. The molecule has 5 rings (SSSR count). The van der Waals surface area contributed by atoms with E-state index in [1.165, 1.54) is 19.2 Å². The molecule has 0 bridgehead atoms. The second-order valence-electron chi connectivity index (χ2n) is 8.22. The van der Waals surface area contributed by atoms with E-state index in [9.17, 15) is 4.39 Å². The quantitative estimate of drug-likeness (QED) is 0.427. The minimum Gasteiger partial charge on any atom is -0.497 e. The molecule has 9 nitrogen and oxygen atoms in total. The van der Waals surface area contributed by atoms with E-state index in [0.29, 0.717) is 46.3 Å². The number of anilines is 1. The van der Waals surface area contributed by atoms with Gasteiger partial charge in [-0.05, 0) is 37.6 Å². The minimum absolute atomic E-state index is 0.189. The highest BCUT2D eigenvalue weighted by atomic mass is 19.1. The number of fused-ring (bicyclic) bond motifs is 3. The van der Waals surface area contributed by atoms with Gasteiger partial charge in [-0.25, -0.2) is 14.4 Å². The first-order valence-corrected chi connectivity index (χ1v) is 11.2. The number of piperidine rings is 1. The Balaban J connectivity index is 1.60. The maximum atomic E-state index is 14.4. The molecule has 1 atom stereocenters. The lowest BCUT2D eigenvalue weighted by atomic mass is 9.99. The summed E-state index contributed by atoms with van der Waals surface area (Å²) in [6.45, 7) is 2.23. The Hall–Kier alpha value is -3.66. The molecular weight excluding hydrogens is 439 g/mol. The van der Waals surface area contributed by atoms with E-state index in [1.807, 2.05) is 18.2 Å². The molecule has 0 amide bonds. The van der Waals surface area contributed by atoms with Crippen molar-refractivity contribution in [3.63, 3.8) is 0 Å². The maximum Gasteiger partial charge on any atom is 0.226 e. The van der Waals surface area contributed by atoms with Gasteiger partial charge in [0, 0.05) is 36.7 Å². The van der Waals surface area contributed by atoms with Gasteiger partial charge in [-0.15, -0.1) is 5.10 Å². The first kappa shape index (κ1) is 22.1. The molecule has 2 aromatic heterocycles. The maximum absolute atomic E-state index is 14.4. The topological polar surface area (TPSA) is 94.8 Å². The average Bonchev–Trinajstić information content (AvgIpc) is 3.33. The molecule has 4 aromatic rings. The zero-order chi connectivity index (χ0) is 23.7. The van der Waals surface area contributed by atoms with Crippen molar-refractivity contribution in [1.82, 2.24) is 24.9 Å². The molecule has 2 aromatic carbocycles. The van der Waals surface area contributed by atoms with Crippen molar-refractivity contribution in [1.29, 1.82) is 0 Å². The number of methoxy groups -OCH3 is 3. The predicted octanol–water partition coefficient (Wildman–Crippen LogP) is 3.52. The third-order valence-electron chi connectivity index (χ3n) is 6.14. The molecule has 0 aliphatic carbocycles. The van der Waals surface area contributed by atoms with Crippen LogP contribution in [0, 0.1) is 5.82 Å². The van der Waals surface area contributed by atoms with Gasteiger partial charge in [-0.1, -0.05) is 0 Å². The fraction of sp³-hybridized carbons (Fsp3) is 0.375. The summed E-state index contributed by atoms with van der Waals surface area (Å²) < 4.78 is 32.3. The van der Waals surface area contributed by atoms with E-state index in [0.717, 1.165) is 37.3 Å². The van der Waals surface area contributed by atoms with Crippen molar-refractivity contribution in [3.8, 4) is 17.2 Å². The predicted molar refractivity (Wildman–Crippen MR) is 127 cm³/mol. The van der Waals surface area contributed by atoms with Crippen molar-refractivity contribution in [2.45, 2.75) is 25.3 Å². The number of rotatable bonds is 7. The number of hydrogen-bond acceptors (Lipinski definition) is 8. The number of ether oxygens (including phenoxy) is 3. The van der Waals surface area contributed by atoms with Gasteiger partial charge in [0.05, 0.1) is 26.7 Å². The molecule has 34 heavy (non-hydrogen) atoms. The lowest BCUT2D eigenvalue weighted by Crippen LogP contribution is -2.29. The Morgan fingerprint density at radius 2 is 1.94 bits per heavy atom. The van der Waals surface area contributed by atoms with Crippen LogP contribution in [-0.4, -0.2) is 54.0 Å². The number of nitrogens with zero attached hydrogens (tertiary/aromatic N) is 4. The summed E-state index contributed by atoms with van der Waals surface area (Å²) in [6.07, 6.45) is 2.06. The molecule has 0 radical (unpaired) electrons. The van der Waals surface area contributed by atoms with E-state index in [1.54, 1.807) is 18.7 Å². The smallest absolute Gasteiger partial charge is 0.226 e. The molecule has 1 aliphatic rings. The first-order chi connectivity index (χ1) is 16.6. The first-order valence-electron chi connectivity index (χ1n) is 11.2. The number of halogens is 1. The van der Waals surface area contributed by atoms with E-state index >= 15 is 0 Å². The Morgan fingerprint density at radius 3 is 2.68 bits per heavy atom. The average molecular weight is 467 g/mol. The Bertz CT molecular complexity index is 1340. The van der Waals surface area contributed by atoms with Crippen molar-refractivity contribution >= 4 is 22.5 Å². The highest BCUT2D eigenvalue weighted by Gasteiger charge is 2.23. The van der Waals surface area contributed by atoms with Gasteiger partial charge in [-0.2, -0.15) is 4.52 Å². The van der Waals surface area contributed by atoms with Gasteiger partial charge in [-0.3, -0.25) is 0 Å². The van der Waals surface area contributed by atoms with E-state index in [4.69, 9.17) is 29.3 Å². The van der Waals surface area contributed by atoms with Crippen LogP contribution in [0.2, 0.25) is 0 Å². The zero-order valence-electron chi connectivity index (χ0n) is 19.4. The number of aromatic nitrogens is 4. The van der Waals surface area contributed by atoms with Crippen LogP contribution < -0.4 is 24.8 Å². The van der Waals surface area contributed by atoms with Gasteiger partial charge in [0.2, 0.25) is 5.95 Å². The fourth-order valence-corrected chi connectivity index (χ4v) is 4.35. The van der Waals surface area contributed by atoms with Crippen LogP contribution in [0.15, 0.2) is 30.3 Å². The van der Waals surface area contributed by atoms with Crippen LogP contribution in [0.25, 0.3) is 16.6 Å². The summed E-state index contributed by atoms with van der Waals surface area (Å²) in [5.41, 5.74) is 1.97. The monoisotopic (exact) mass is 466 g/mol. The molecular formula is C24H27FN6O3. The van der Waals surface area contributed by atoms with Gasteiger partial charge in [0.1, 0.15) is 28.6 Å². The van der Waals surface area contributed by atoms with Crippen LogP contribution in [-0.2, 0) is 6.54 Å². The van der Waals surface area contributed by atoms with Gasteiger partial charge in [0.25, 0.3) is 0 Å². The molecule has 1 saturated heterocycles. The molecule has 2 N–H and O–H groups in total. The molecule has 0 saturated carbocycles. The van der Waals surface area contributed by atoms with E-state index in [2.05, 4.69) is 10.6 Å². The second kappa shape index (κ2) is 9.30. The van der Waals surface area contributed by atoms with Gasteiger partial charge < -0.3 is 24.8 Å². The molecule has 1 aliphatic heterocycles. The van der Waals surface area contributed by atoms with Crippen molar-refractivity contribution in [3.05, 3.63) is 47.5 Å². The fourth-order valence-electron chi connectivity index (χ4n) is 4.35. The van der Waals surface area contributed by atoms with Crippen molar-refractivity contribution in [2.75, 3.05) is 39.7 Å². The summed E-state index contributed by atoms with van der Waals surface area (Å²) in [4.78, 5) is 9.58. The number of benzene rings is 2. The molecule has 1 fully saturated rings. The Labute approximate surface area is 196 Å². The Morgan fingerprint density at radius 1 is 1.09 bits per heavy atom. The van der Waals surface area contributed by atoms with Crippen LogP contribution in [0.3, 0.4) is 0 Å². The van der Waals surface area contributed by atoms with Crippen LogP contribution in [0.4, 0.5) is 10.3 Å². The highest BCUT2D eigenvalue weighted by Crippen LogP contribution is 2.32. The lowest BCUT2D eigenvalue weighted by molar-refractivity contribution is 0.391. The van der Waals surface area contributed by atoms with Gasteiger partial charge in [0.15, 0.2) is 11.5 Å². The summed E-state index contributed by atoms with van der Waals surface area (Å²) in [5, 5.41) is 12.1. The zero-order valence-corrected chi connectivity index (χ0v) is 19.4. The third-order valence-corrected chi connectivity index (χ3v) is 6.14. The second-order valence-corrected chi connectivity index (χ2v) is 8.22. The number of hydrogen-bond donors (Lipinski definition) is 2. The molecule has 0 spiro atoms. The minimum atomic E-state index is -0.416.